The summed E-state index contributed by atoms with van der Waals surface area (Å²) in [5, 5.41) is 3.48. The lowest BCUT2D eigenvalue weighted by Crippen LogP contribution is -2.23. The minimum absolute atomic E-state index is 0.0570. The fourth-order valence-corrected chi connectivity index (χ4v) is 3.91. The number of nitrogens with zero attached hydrogens (tertiary/aromatic N) is 2. The van der Waals surface area contributed by atoms with Crippen LogP contribution in [0.3, 0.4) is 0 Å². The second-order valence-electron chi connectivity index (χ2n) is 5.79. The molecule has 7 heteroatoms. The molecule has 1 heterocycles. The van der Waals surface area contributed by atoms with Gasteiger partial charge in [-0.2, -0.15) is 0 Å². The number of carbonyl (C=O) groups is 1. The minimum atomic E-state index is -0.285. The molecule has 0 saturated heterocycles. The first-order valence-corrected chi connectivity index (χ1v) is 9.93. The summed E-state index contributed by atoms with van der Waals surface area (Å²) in [5.41, 5.74) is 2.74. The Morgan fingerprint density at radius 1 is 1.31 bits per heavy atom. The van der Waals surface area contributed by atoms with Gasteiger partial charge in [0.05, 0.1) is 22.9 Å². The van der Waals surface area contributed by atoms with Gasteiger partial charge in [0.15, 0.2) is 5.16 Å². The molecular weight excluding hydrogens is 414 g/mol. The van der Waals surface area contributed by atoms with Crippen LogP contribution in [-0.2, 0) is 16.1 Å². The van der Waals surface area contributed by atoms with Gasteiger partial charge in [-0.25, -0.2) is 4.98 Å². The molecule has 1 unspecified atom stereocenters. The van der Waals surface area contributed by atoms with Crippen LogP contribution in [0.5, 0.6) is 0 Å². The van der Waals surface area contributed by atoms with Crippen molar-refractivity contribution in [2.45, 2.75) is 23.9 Å². The van der Waals surface area contributed by atoms with E-state index in [0.717, 1.165) is 26.3 Å². The molecule has 5 nitrogen and oxygen atoms in total. The molecule has 0 saturated carbocycles. The van der Waals surface area contributed by atoms with E-state index in [1.165, 1.54) is 11.8 Å². The molecule has 1 aromatic heterocycles. The van der Waals surface area contributed by atoms with Crippen LogP contribution in [0.1, 0.15) is 6.92 Å². The van der Waals surface area contributed by atoms with Crippen LogP contribution in [0.15, 0.2) is 58.2 Å². The maximum absolute atomic E-state index is 12.6. The first-order valence-electron chi connectivity index (χ1n) is 8.26. The third-order valence-corrected chi connectivity index (χ3v) is 5.47. The lowest BCUT2D eigenvalue weighted by molar-refractivity contribution is -0.115. The summed E-state index contributed by atoms with van der Waals surface area (Å²) >= 11 is 4.86. The second kappa shape index (κ2) is 8.70. The zero-order valence-electron chi connectivity index (χ0n) is 14.6. The van der Waals surface area contributed by atoms with Gasteiger partial charge in [0.1, 0.15) is 0 Å². The number of methoxy groups -OCH3 is 1. The third-order valence-electron chi connectivity index (χ3n) is 3.88. The minimum Gasteiger partial charge on any atom is -0.383 e. The van der Waals surface area contributed by atoms with Crippen LogP contribution < -0.4 is 5.32 Å². The van der Waals surface area contributed by atoms with Crippen LogP contribution in [-0.4, -0.2) is 34.4 Å². The number of anilines is 1. The van der Waals surface area contributed by atoms with E-state index >= 15 is 0 Å². The van der Waals surface area contributed by atoms with Crippen molar-refractivity contribution >= 4 is 50.3 Å². The summed E-state index contributed by atoms with van der Waals surface area (Å²) < 4.78 is 8.25. The standard InChI is InChI=1S/C19H20BrN3O2S/c1-13(18(24)21-15-7-5-6-14(20)12-15)26-19-22-16-8-3-4-9-17(16)23(19)10-11-25-2/h3-9,12-13H,10-11H2,1-2H3,(H,21,24). The van der Waals surface area contributed by atoms with Gasteiger partial charge < -0.3 is 14.6 Å². The summed E-state index contributed by atoms with van der Waals surface area (Å²) in [6.45, 7) is 3.17. The summed E-state index contributed by atoms with van der Waals surface area (Å²) in [6.07, 6.45) is 0. The smallest absolute Gasteiger partial charge is 0.237 e. The van der Waals surface area contributed by atoms with E-state index in [2.05, 4.69) is 25.8 Å². The Kier molecular flexibility index (Phi) is 6.34. The van der Waals surface area contributed by atoms with E-state index in [1.807, 2.05) is 55.5 Å². The molecule has 2 aromatic carbocycles. The number of nitrogens with one attached hydrogen (secondary N) is 1. The van der Waals surface area contributed by atoms with Gasteiger partial charge in [-0.3, -0.25) is 4.79 Å². The molecule has 0 bridgehead atoms. The number of fused-ring (bicyclic) bond motifs is 1. The SMILES string of the molecule is COCCn1c(SC(C)C(=O)Nc2cccc(Br)c2)nc2ccccc21. The molecule has 1 atom stereocenters. The summed E-state index contributed by atoms with van der Waals surface area (Å²) in [5.74, 6) is -0.0570. The van der Waals surface area contributed by atoms with Crippen molar-refractivity contribution in [3.05, 3.63) is 53.0 Å². The molecule has 0 aliphatic carbocycles. The van der Waals surface area contributed by atoms with Gasteiger partial charge in [-0.1, -0.05) is 45.9 Å². The molecule has 136 valence electrons. The van der Waals surface area contributed by atoms with E-state index in [4.69, 9.17) is 9.72 Å². The van der Waals surface area contributed by atoms with Crippen LogP contribution in [0.2, 0.25) is 0 Å². The number of aromatic nitrogens is 2. The zero-order chi connectivity index (χ0) is 18.5. The first kappa shape index (κ1) is 18.9. The monoisotopic (exact) mass is 433 g/mol. The fraction of sp³-hybridized carbons (Fsp3) is 0.263. The van der Waals surface area contributed by atoms with Crippen molar-refractivity contribution in [1.82, 2.24) is 9.55 Å². The van der Waals surface area contributed by atoms with E-state index in [9.17, 15) is 4.79 Å². The first-order chi connectivity index (χ1) is 12.6. The van der Waals surface area contributed by atoms with E-state index < -0.39 is 0 Å². The summed E-state index contributed by atoms with van der Waals surface area (Å²) in [6, 6.07) is 15.5. The number of carbonyl (C=O) groups excluding carboxylic acids is 1. The van der Waals surface area contributed by atoms with Crippen LogP contribution in [0, 0.1) is 0 Å². The van der Waals surface area contributed by atoms with Crippen LogP contribution in [0.25, 0.3) is 11.0 Å². The van der Waals surface area contributed by atoms with Crippen molar-refractivity contribution < 1.29 is 9.53 Å². The van der Waals surface area contributed by atoms with Crippen molar-refractivity contribution in [2.75, 3.05) is 19.0 Å². The Balaban J connectivity index is 1.77. The van der Waals surface area contributed by atoms with Gasteiger partial charge >= 0.3 is 0 Å². The summed E-state index contributed by atoms with van der Waals surface area (Å²) in [7, 11) is 1.68. The molecule has 0 spiro atoms. The van der Waals surface area contributed by atoms with Crippen LogP contribution in [0.4, 0.5) is 5.69 Å². The van der Waals surface area contributed by atoms with Crippen LogP contribution >= 0.6 is 27.7 Å². The Labute approximate surface area is 165 Å². The highest BCUT2D eigenvalue weighted by molar-refractivity contribution is 9.10. The number of ether oxygens (including phenoxy) is 1. The third kappa shape index (κ3) is 4.47. The number of para-hydroxylation sites is 2. The van der Waals surface area contributed by atoms with E-state index in [0.29, 0.717) is 13.2 Å². The molecule has 3 rings (SSSR count). The molecule has 26 heavy (non-hydrogen) atoms. The van der Waals surface area contributed by atoms with Crippen molar-refractivity contribution in [2.24, 2.45) is 0 Å². The predicted octanol–water partition coefficient (Wildman–Crippen LogP) is 4.56. The predicted molar refractivity (Wildman–Crippen MR) is 110 cm³/mol. The Hall–Kier alpha value is -1.83. The number of imidazole rings is 1. The highest BCUT2D eigenvalue weighted by atomic mass is 79.9. The lowest BCUT2D eigenvalue weighted by atomic mass is 10.3. The maximum atomic E-state index is 12.6. The van der Waals surface area contributed by atoms with Crippen molar-refractivity contribution in [1.29, 1.82) is 0 Å². The van der Waals surface area contributed by atoms with Crippen molar-refractivity contribution in [3.63, 3.8) is 0 Å². The molecule has 1 amide bonds. The summed E-state index contributed by atoms with van der Waals surface area (Å²) in [4.78, 5) is 17.3. The van der Waals surface area contributed by atoms with Gasteiger partial charge in [-0.15, -0.1) is 0 Å². The number of benzene rings is 2. The van der Waals surface area contributed by atoms with Gasteiger partial charge in [-0.05, 0) is 37.3 Å². The highest BCUT2D eigenvalue weighted by Gasteiger charge is 2.19. The molecule has 0 fully saturated rings. The number of rotatable bonds is 7. The normalized spacial score (nSPS) is 12.3. The molecule has 3 aromatic rings. The van der Waals surface area contributed by atoms with Gasteiger partial charge in [0.25, 0.3) is 0 Å². The average Bonchev–Trinajstić information content (AvgIpc) is 2.97. The Morgan fingerprint density at radius 3 is 2.88 bits per heavy atom. The van der Waals surface area contributed by atoms with Gasteiger partial charge in [0, 0.05) is 23.8 Å². The van der Waals surface area contributed by atoms with Crippen molar-refractivity contribution in [3.8, 4) is 0 Å². The average molecular weight is 434 g/mol. The largest absolute Gasteiger partial charge is 0.383 e. The number of halogens is 1. The van der Waals surface area contributed by atoms with Gasteiger partial charge in [0.2, 0.25) is 5.91 Å². The molecule has 0 radical (unpaired) electrons. The topological polar surface area (TPSA) is 56.1 Å². The maximum Gasteiger partial charge on any atom is 0.237 e. The second-order valence-corrected chi connectivity index (χ2v) is 8.01. The Morgan fingerprint density at radius 2 is 2.12 bits per heavy atom. The number of thioether (sulfide) groups is 1. The molecule has 0 aliphatic rings. The van der Waals surface area contributed by atoms with E-state index in [1.54, 1.807) is 7.11 Å². The quantitative estimate of drug-likeness (QED) is 0.554. The molecular formula is C19H20BrN3O2S. The number of hydrogen-bond donors (Lipinski definition) is 1. The van der Waals surface area contributed by atoms with E-state index in [-0.39, 0.29) is 11.2 Å². The fourth-order valence-electron chi connectivity index (χ4n) is 2.56. The number of hydrogen-bond acceptors (Lipinski definition) is 4. The Bertz CT molecular complexity index is 913. The molecule has 0 aliphatic heterocycles. The lowest BCUT2D eigenvalue weighted by Gasteiger charge is -2.13. The number of amides is 1. The molecule has 1 N–H and O–H groups in total. The highest BCUT2D eigenvalue weighted by Crippen LogP contribution is 2.28. The zero-order valence-corrected chi connectivity index (χ0v) is 17.0.